The summed E-state index contributed by atoms with van der Waals surface area (Å²) < 4.78 is 0. The normalized spacial score (nSPS) is 16.9. The number of carbonyl (C=O) groups excluding carboxylic acids is 1. The van der Waals surface area contributed by atoms with Crippen molar-refractivity contribution in [3.63, 3.8) is 0 Å². The summed E-state index contributed by atoms with van der Waals surface area (Å²) in [6.07, 6.45) is 6.10. The molecule has 0 unspecified atom stereocenters. The van der Waals surface area contributed by atoms with Crippen molar-refractivity contribution in [3.05, 3.63) is 0 Å². The Kier molecular flexibility index (Phi) is 4.85. The molecule has 2 heteroatoms. The first-order chi connectivity index (χ1) is 6.70. The molecule has 1 heterocycles. The Morgan fingerprint density at radius 1 is 1.43 bits per heavy atom. The molecule has 0 aliphatic carbocycles. The first-order valence-electron chi connectivity index (χ1n) is 5.76. The van der Waals surface area contributed by atoms with E-state index in [1.54, 1.807) is 0 Å². The van der Waals surface area contributed by atoms with E-state index in [0.29, 0.717) is 18.1 Å². The summed E-state index contributed by atoms with van der Waals surface area (Å²) in [6, 6.07) is 0. The molecule has 80 valence electrons. The molecule has 0 saturated heterocycles. The van der Waals surface area contributed by atoms with Crippen LogP contribution < -0.4 is 0 Å². The number of ketones is 1. The van der Waals surface area contributed by atoms with E-state index in [-0.39, 0.29) is 0 Å². The average molecular weight is 195 g/mol. The van der Waals surface area contributed by atoms with Gasteiger partial charge in [0.1, 0.15) is 0 Å². The van der Waals surface area contributed by atoms with Gasteiger partial charge in [0.05, 0.1) is 5.71 Å². The van der Waals surface area contributed by atoms with Gasteiger partial charge in [0.15, 0.2) is 5.78 Å². The summed E-state index contributed by atoms with van der Waals surface area (Å²) in [5, 5.41) is 0. The lowest BCUT2D eigenvalue weighted by Crippen LogP contribution is -2.17. The average Bonchev–Trinajstić information content (AvgIpc) is 2.18. The molecule has 2 nitrogen and oxygen atoms in total. The van der Waals surface area contributed by atoms with Gasteiger partial charge in [-0.15, -0.1) is 0 Å². The number of Topliss-reactive ketones (excluding diaryl/α,β-unsaturated/α-hetero) is 1. The highest BCUT2D eigenvalue weighted by atomic mass is 16.1. The molecule has 1 aliphatic heterocycles. The summed E-state index contributed by atoms with van der Waals surface area (Å²) in [6.45, 7) is 5.26. The lowest BCUT2D eigenvalue weighted by Gasteiger charge is -2.10. The quantitative estimate of drug-likeness (QED) is 0.663. The van der Waals surface area contributed by atoms with Crippen LogP contribution in [-0.4, -0.2) is 18.0 Å². The Labute approximate surface area is 86.8 Å². The van der Waals surface area contributed by atoms with Crippen molar-refractivity contribution in [2.24, 2.45) is 10.9 Å². The maximum atomic E-state index is 11.6. The third kappa shape index (κ3) is 4.03. The van der Waals surface area contributed by atoms with Gasteiger partial charge in [0, 0.05) is 13.0 Å². The highest BCUT2D eigenvalue weighted by Gasteiger charge is 2.13. The predicted octanol–water partition coefficient (Wildman–Crippen LogP) is 3.01. The fourth-order valence-electron chi connectivity index (χ4n) is 1.74. The summed E-state index contributed by atoms with van der Waals surface area (Å²) >= 11 is 0. The first-order valence-corrected chi connectivity index (χ1v) is 5.76. The summed E-state index contributed by atoms with van der Waals surface area (Å²) in [7, 11) is 0. The van der Waals surface area contributed by atoms with Crippen LogP contribution >= 0.6 is 0 Å². The molecular formula is C12H21NO. The van der Waals surface area contributed by atoms with E-state index < -0.39 is 0 Å². The van der Waals surface area contributed by atoms with Gasteiger partial charge >= 0.3 is 0 Å². The standard InChI is InChI=1S/C12H21NO/c1-10(2)6-5-8-12(14)11-7-3-4-9-13-11/h10H,3-9H2,1-2H3. The van der Waals surface area contributed by atoms with Crippen molar-refractivity contribution in [2.45, 2.75) is 52.4 Å². The van der Waals surface area contributed by atoms with Gasteiger partial charge in [-0.3, -0.25) is 9.79 Å². The fraction of sp³-hybridized carbons (Fsp3) is 0.833. The maximum absolute atomic E-state index is 11.6. The first kappa shape index (κ1) is 11.4. The number of nitrogens with zero attached hydrogens (tertiary/aromatic N) is 1. The van der Waals surface area contributed by atoms with Crippen molar-refractivity contribution < 1.29 is 4.79 Å². The molecule has 0 bridgehead atoms. The predicted molar refractivity (Wildman–Crippen MR) is 59.8 cm³/mol. The van der Waals surface area contributed by atoms with Crippen molar-refractivity contribution >= 4 is 11.5 Å². The second-order valence-electron chi connectivity index (χ2n) is 4.49. The molecule has 0 saturated carbocycles. The van der Waals surface area contributed by atoms with Crippen LogP contribution in [0.1, 0.15) is 52.4 Å². The highest BCUT2D eigenvalue weighted by molar-refractivity contribution is 6.39. The van der Waals surface area contributed by atoms with E-state index in [2.05, 4.69) is 18.8 Å². The van der Waals surface area contributed by atoms with Gasteiger partial charge in [0.25, 0.3) is 0 Å². The van der Waals surface area contributed by atoms with Crippen LogP contribution in [0.3, 0.4) is 0 Å². The smallest absolute Gasteiger partial charge is 0.176 e. The largest absolute Gasteiger partial charge is 0.293 e. The Morgan fingerprint density at radius 3 is 2.79 bits per heavy atom. The van der Waals surface area contributed by atoms with Crippen molar-refractivity contribution in [3.8, 4) is 0 Å². The molecule has 1 aliphatic rings. The summed E-state index contributed by atoms with van der Waals surface area (Å²) in [5.74, 6) is 1.00. The molecule has 0 aromatic carbocycles. The molecule has 0 amide bonds. The zero-order valence-corrected chi connectivity index (χ0v) is 9.38. The van der Waals surface area contributed by atoms with Crippen molar-refractivity contribution in [2.75, 3.05) is 6.54 Å². The van der Waals surface area contributed by atoms with Crippen LogP contribution in [0.5, 0.6) is 0 Å². The number of aliphatic imine (C=N–C) groups is 1. The maximum Gasteiger partial charge on any atom is 0.176 e. The number of rotatable bonds is 5. The van der Waals surface area contributed by atoms with Gasteiger partial charge < -0.3 is 0 Å². The minimum atomic E-state index is 0.297. The topological polar surface area (TPSA) is 29.4 Å². The minimum Gasteiger partial charge on any atom is -0.293 e. The lowest BCUT2D eigenvalue weighted by molar-refractivity contribution is -0.113. The third-order valence-corrected chi connectivity index (χ3v) is 2.63. The lowest BCUT2D eigenvalue weighted by atomic mass is 9.99. The summed E-state index contributed by atoms with van der Waals surface area (Å²) in [4.78, 5) is 15.9. The molecule has 0 spiro atoms. The minimum absolute atomic E-state index is 0.297. The Balaban J connectivity index is 2.24. The van der Waals surface area contributed by atoms with Crippen LogP contribution in [0.2, 0.25) is 0 Å². The van der Waals surface area contributed by atoms with E-state index in [0.717, 1.165) is 44.4 Å². The molecule has 0 aromatic heterocycles. The molecule has 0 N–H and O–H groups in total. The highest BCUT2D eigenvalue weighted by Crippen LogP contribution is 2.11. The Hall–Kier alpha value is -0.660. The van der Waals surface area contributed by atoms with Gasteiger partial charge in [0.2, 0.25) is 0 Å². The second kappa shape index (κ2) is 5.94. The van der Waals surface area contributed by atoms with Crippen LogP contribution in [0, 0.1) is 5.92 Å². The number of hydrogen-bond donors (Lipinski definition) is 0. The van der Waals surface area contributed by atoms with E-state index in [9.17, 15) is 4.79 Å². The molecule has 0 atom stereocenters. The molecular weight excluding hydrogens is 174 g/mol. The molecule has 0 aromatic rings. The molecule has 0 radical (unpaired) electrons. The van der Waals surface area contributed by atoms with Crippen LogP contribution in [0.15, 0.2) is 4.99 Å². The van der Waals surface area contributed by atoms with Crippen LogP contribution in [-0.2, 0) is 4.79 Å². The molecule has 14 heavy (non-hydrogen) atoms. The Bertz CT molecular complexity index is 218. The van der Waals surface area contributed by atoms with Crippen molar-refractivity contribution in [1.82, 2.24) is 0 Å². The second-order valence-corrected chi connectivity index (χ2v) is 4.49. The third-order valence-electron chi connectivity index (χ3n) is 2.63. The zero-order valence-electron chi connectivity index (χ0n) is 9.38. The zero-order chi connectivity index (χ0) is 10.4. The molecule has 1 rings (SSSR count). The van der Waals surface area contributed by atoms with E-state index in [4.69, 9.17) is 0 Å². The van der Waals surface area contributed by atoms with Gasteiger partial charge in [-0.25, -0.2) is 0 Å². The van der Waals surface area contributed by atoms with Crippen LogP contribution in [0.4, 0.5) is 0 Å². The van der Waals surface area contributed by atoms with Crippen molar-refractivity contribution in [1.29, 1.82) is 0 Å². The van der Waals surface area contributed by atoms with Gasteiger partial charge in [-0.1, -0.05) is 20.3 Å². The van der Waals surface area contributed by atoms with Crippen LogP contribution in [0.25, 0.3) is 0 Å². The fourth-order valence-corrected chi connectivity index (χ4v) is 1.74. The number of hydrogen-bond acceptors (Lipinski definition) is 2. The van der Waals surface area contributed by atoms with E-state index in [1.807, 2.05) is 0 Å². The Morgan fingerprint density at radius 2 is 2.21 bits per heavy atom. The monoisotopic (exact) mass is 195 g/mol. The SMILES string of the molecule is CC(C)CCCC(=O)C1=NCCCC1. The molecule has 0 fully saturated rings. The van der Waals surface area contributed by atoms with E-state index in [1.165, 1.54) is 0 Å². The van der Waals surface area contributed by atoms with Gasteiger partial charge in [-0.2, -0.15) is 0 Å². The number of carbonyl (C=O) groups is 1. The van der Waals surface area contributed by atoms with Gasteiger partial charge in [-0.05, 0) is 31.6 Å². The summed E-state index contributed by atoms with van der Waals surface area (Å²) in [5.41, 5.74) is 0.861. The van der Waals surface area contributed by atoms with E-state index >= 15 is 0 Å².